The molecule has 0 unspecified atom stereocenters. The van der Waals surface area contributed by atoms with Crippen molar-refractivity contribution in [1.82, 2.24) is 19.6 Å². The normalized spacial score (nSPS) is 18.6. The molecule has 254 valence electrons. The van der Waals surface area contributed by atoms with E-state index in [2.05, 4.69) is 89.1 Å². The highest BCUT2D eigenvalue weighted by molar-refractivity contribution is 4.66. The Balaban J connectivity index is 0.000000541. The molecule has 0 bridgehead atoms. The largest absolute Gasteiger partial charge is 0.379 e. The number of piperidine rings is 1. The average Bonchev–Trinajstić information content (AvgIpc) is 3.47. The molecular weight excluding hydrogens is 524 g/mol. The molecule has 7 nitrogen and oxygen atoms in total. The molecule has 3 rings (SSSR count). The van der Waals surface area contributed by atoms with E-state index in [4.69, 9.17) is 14.2 Å². The van der Waals surface area contributed by atoms with E-state index in [1.807, 2.05) is 0 Å². The summed E-state index contributed by atoms with van der Waals surface area (Å²) in [6.45, 7) is 33.0. The lowest BCUT2D eigenvalue weighted by molar-refractivity contribution is 0.00965. The number of nitrogens with zero attached hydrogens (tertiary/aromatic N) is 4. The van der Waals surface area contributed by atoms with Crippen LogP contribution in [-0.2, 0) is 14.2 Å². The molecule has 0 aromatic rings. The van der Waals surface area contributed by atoms with Crippen LogP contribution in [0.4, 0.5) is 0 Å². The zero-order valence-electron chi connectivity index (χ0n) is 30.2. The van der Waals surface area contributed by atoms with Gasteiger partial charge in [-0.3, -0.25) is 4.90 Å². The van der Waals surface area contributed by atoms with Gasteiger partial charge in [0, 0.05) is 26.2 Å². The van der Waals surface area contributed by atoms with Crippen molar-refractivity contribution in [1.29, 1.82) is 0 Å². The van der Waals surface area contributed by atoms with E-state index < -0.39 is 0 Å². The Morgan fingerprint density at radius 1 is 0.548 bits per heavy atom. The van der Waals surface area contributed by atoms with Crippen molar-refractivity contribution in [2.75, 3.05) is 106 Å². The van der Waals surface area contributed by atoms with E-state index in [9.17, 15) is 0 Å². The summed E-state index contributed by atoms with van der Waals surface area (Å²) in [7, 11) is 4.23. The predicted molar refractivity (Wildman–Crippen MR) is 183 cm³/mol. The number of hydrogen-bond acceptors (Lipinski definition) is 7. The first-order chi connectivity index (χ1) is 20.0. The zero-order valence-corrected chi connectivity index (χ0v) is 30.2. The predicted octanol–water partition coefficient (Wildman–Crippen LogP) is 6.36. The van der Waals surface area contributed by atoms with Crippen molar-refractivity contribution in [3.05, 3.63) is 0 Å². The van der Waals surface area contributed by atoms with E-state index in [0.717, 1.165) is 64.4 Å². The Bertz CT molecular complexity index is 506. The standard InChI is InChI=1S/C10H21NO.C9H19NO2.C9H19N.C7H17N/c1-10(2)12-9-8-11-6-4-3-5-7-11;1-9(2)12-8-5-10-3-6-11-7-4-10;1-9(2)5-8-10-6-3-4-7-10;1-7(2)5-6-8(3)4/h10H,3-9H2,1-2H3;9H,3-8H2,1-2H3;9H,3-8H2,1-2H3;7H,5-6H2,1-4H3. The van der Waals surface area contributed by atoms with Crippen LogP contribution in [0.2, 0.25) is 0 Å². The third-order valence-corrected chi connectivity index (χ3v) is 7.64. The molecule has 0 aliphatic carbocycles. The van der Waals surface area contributed by atoms with Crippen LogP contribution in [0.1, 0.15) is 100 Å². The molecule has 3 aliphatic rings. The van der Waals surface area contributed by atoms with Crippen molar-refractivity contribution in [2.24, 2.45) is 11.8 Å². The molecule has 7 heteroatoms. The van der Waals surface area contributed by atoms with Crippen LogP contribution in [0.25, 0.3) is 0 Å². The molecule has 0 N–H and O–H groups in total. The van der Waals surface area contributed by atoms with Gasteiger partial charge in [-0.25, -0.2) is 0 Å². The fourth-order valence-corrected chi connectivity index (χ4v) is 4.81. The fourth-order valence-electron chi connectivity index (χ4n) is 4.81. The van der Waals surface area contributed by atoms with E-state index in [0.29, 0.717) is 12.2 Å². The molecule has 0 atom stereocenters. The van der Waals surface area contributed by atoms with Gasteiger partial charge in [-0.1, -0.05) is 34.1 Å². The molecule has 3 fully saturated rings. The third kappa shape index (κ3) is 29.8. The monoisotopic (exact) mass is 601 g/mol. The van der Waals surface area contributed by atoms with Crippen molar-refractivity contribution >= 4 is 0 Å². The summed E-state index contributed by atoms with van der Waals surface area (Å²) in [5.74, 6) is 1.72. The molecule has 0 amide bonds. The Kier molecular flexibility index (Phi) is 28.0. The lowest BCUT2D eigenvalue weighted by Gasteiger charge is -2.26. The topological polar surface area (TPSA) is 40.7 Å². The van der Waals surface area contributed by atoms with Crippen LogP contribution < -0.4 is 0 Å². The average molecular weight is 601 g/mol. The molecule has 42 heavy (non-hydrogen) atoms. The minimum Gasteiger partial charge on any atom is -0.379 e. The van der Waals surface area contributed by atoms with Crippen LogP contribution in [-0.4, -0.2) is 138 Å². The minimum atomic E-state index is 0.353. The maximum Gasteiger partial charge on any atom is 0.0596 e. The minimum absolute atomic E-state index is 0.353. The summed E-state index contributed by atoms with van der Waals surface area (Å²) in [6.07, 6.45) is 10.5. The lowest BCUT2D eigenvalue weighted by Crippen LogP contribution is -2.38. The van der Waals surface area contributed by atoms with Crippen LogP contribution in [0.5, 0.6) is 0 Å². The quantitative estimate of drug-likeness (QED) is 0.230. The van der Waals surface area contributed by atoms with Crippen LogP contribution in [0.15, 0.2) is 0 Å². The summed E-state index contributed by atoms with van der Waals surface area (Å²) in [5.41, 5.74) is 0. The van der Waals surface area contributed by atoms with Gasteiger partial charge >= 0.3 is 0 Å². The summed E-state index contributed by atoms with van der Waals surface area (Å²) >= 11 is 0. The van der Waals surface area contributed by atoms with E-state index in [1.165, 1.54) is 84.2 Å². The summed E-state index contributed by atoms with van der Waals surface area (Å²) in [6, 6.07) is 0. The number of rotatable bonds is 14. The second-order valence-corrected chi connectivity index (χ2v) is 13.9. The van der Waals surface area contributed by atoms with Gasteiger partial charge in [0.1, 0.15) is 0 Å². The highest BCUT2D eigenvalue weighted by Gasteiger charge is 2.11. The maximum absolute atomic E-state index is 5.50. The number of likely N-dealkylation sites (tertiary alicyclic amines) is 2. The second-order valence-electron chi connectivity index (χ2n) is 13.9. The van der Waals surface area contributed by atoms with Crippen molar-refractivity contribution < 1.29 is 14.2 Å². The van der Waals surface area contributed by atoms with Crippen molar-refractivity contribution in [2.45, 2.75) is 113 Å². The molecule has 0 spiro atoms. The summed E-state index contributed by atoms with van der Waals surface area (Å²) < 4.78 is 16.2. The van der Waals surface area contributed by atoms with Crippen LogP contribution >= 0.6 is 0 Å². The molecule has 3 heterocycles. The van der Waals surface area contributed by atoms with Gasteiger partial charge in [0.2, 0.25) is 0 Å². The van der Waals surface area contributed by atoms with Crippen molar-refractivity contribution in [3.63, 3.8) is 0 Å². The molecular formula is C35H76N4O3. The first kappa shape index (κ1) is 41.7. The molecule has 0 aromatic heterocycles. The Morgan fingerprint density at radius 3 is 1.33 bits per heavy atom. The van der Waals surface area contributed by atoms with Gasteiger partial charge in [-0.15, -0.1) is 0 Å². The SMILES string of the molecule is CC(C)CCN(C)C.CC(C)CCN1CCCC1.CC(C)OCCN1CCCCC1.CC(C)OCCN1CCOCC1. The van der Waals surface area contributed by atoms with E-state index in [-0.39, 0.29) is 0 Å². The molecule has 0 saturated carbocycles. The highest BCUT2D eigenvalue weighted by atomic mass is 16.5. The summed E-state index contributed by atoms with van der Waals surface area (Å²) in [5, 5.41) is 0. The highest BCUT2D eigenvalue weighted by Crippen LogP contribution is 2.10. The first-order valence-corrected chi connectivity index (χ1v) is 17.6. The Labute approximate surface area is 264 Å². The first-order valence-electron chi connectivity index (χ1n) is 17.6. The van der Waals surface area contributed by atoms with Gasteiger partial charge in [-0.2, -0.15) is 0 Å². The van der Waals surface area contributed by atoms with E-state index in [1.54, 1.807) is 0 Å². The molecule has 3 saturated heterocycles. The number of ether oxygens (including phenoxy) is 3. The van der Waals surface area contributed by atoms with Crippen molar-refractivity contribution in [3.8, 4) is 0 Å². The third-order valence-electron chi connectivity index (χ3n) is 7.64. The smallest absolute Gasteiger partial charge is 0.0596 e. The van der Waals surface area contributed by atoms with Gasteiger partial charge < -0.3 is 28.9 Å². The summed E-state index contributed by atoms with van der Waals surface area (Å²) in [4.78, 5) is 9.69. The number of hydrogen-bond donors (Lipinski definition) is 0. The van der Waals surface area contributed by atoms with Crippen LogP contribution in [0, 0.1) is 11.8 Å². The second kappa shape index (κ2) is 28.2. The molecule has 0 radical (unpaired) electrons. The Morgan fingerprint density at radius 2 is 0.952 bits per heavy atom. The van der Waals surface area contributed by atoms with Gasteiger partial charge in [0.15, 0.2) is 0 Å². The number of morpholine rings is 1. The zero-order chi connectivity index (χ0) is 31.6. The van der Waals surface area contributed by atoms with Gasteiger partial charge in [-0.05, 0) is 131 Å². The lowest BCUT2D eigenvalue weighted by atomic mass is 10.1. The molecule has 0 aromatic carbocycles. The Hall–Kier alpha value is -0.280. The molecule has 3 aliphatic heterocycles. The fraction of sp³-hybridized carbons (Fsp3) is 1.00. The van der Waals surface area contributed by atoms with Crippen LogP contribution in [0.3, 0.4) is 0 Å². The van der Waals surface area contributed by atoms with Gasteiger partial charge in [0.25, 0.3) is 0 Å². The van der Waals surface area contributed by atoms with Gasteiger partial charge in [0.05, 0.1) is 38.6 Å². The van der Waals surface area contributed by atoms with E-state index >= 15 is 0 Å². The maximum atomic E-state index is 5.50.